The number of carboxylic acid groups (broad SMARTS) is 1. The van der Waals surface area contributed by atoms with E-state index in [9.17, 15) is 4.79 Å². The summed E-state index contributed by atoms with van der Waals surface area (Å²) in [5.41, 5.74) is 1.10. The molecule has 1 aliphatic heterocycles. The highest BCUT2D eigenvalue weighted by Gasteiger charge is 2.13. The van der Waals surface area contributed by atoms with E-state index in [4.69, 9.17) is 16.7 Å². The minimum absolute atomic E-state index is 0.218. The highest BCUT2D eigenvalue weighted by atomic mass is 35.5. The fraction of sp³-hybridized carbons (Fsp3) is 0.182. The van der Waals surface area contributed by atoms with E-state index in [0.29, 0.717) is 5.02 Å². The van der Waals surface area contributed by atoms with Gasteiger partial charge in [0.05, 0.1) is 16.3 Å². The van der Waals surface area contributed by atoms with Crippen LogP contribution in [0.3, 0.4) is 0 Å². The Morgan fingerprint density at radius 3 is 2.53 bits per heavy atom. The summed E-state index contributed by atoms with van der Waals surface area (Å²) >= 11 is 6.02. The molecule has 0 bridgehead atoms. The molecule has 0 aliphatic carbocycles. The largest absolute Gasteiger partial charge is 0.478 e. The van der Waals surface area contributed by atoms with Gasteiger partial charge in [0.25, 0.3) is 0 Å². The van der Waals surface area contributed by atoms with Gasteiger partial charge in [-0.2, -0.15) is 0 Å². The van der Waals surface area contributed by atoms with Crippen LogP contribution >= 0.6 is 11.6 Å². The van der Waals surface area contributed by atoms with Crippen LogP contribution in [0.25, 0.3) is 0 Å². The first-order chi connectivity index (χ1) is 7.18. The fourth-order valence-electron chi connectivity index (χ4n) is 1.57. The molecule has 1 N–H and O–H groups in total. The highest BCUT2D eigenvalue weighted by molar-refractivity contribution is 6.33. The van der Waals surface area contributed by atoms with Crippen LogP contribution in [0.5, 0.6) is 0 Å². The molecule has 2 rings (SSSR count). The smallest absolute Gasteiger partial charge is 0.335 e. The molecule has 15 heavy (non-hydrogen) atoms. The molecule has 4 heteroatoms. The highest BCUT2D eigenvalue weighted by Crippen LogP contribution is 2.28. The van der Waals surface area contributed by atoms with E-state index in [-0.39, 0.29) is 5.56 Å². The van der Waals surface area contributed by atoms with Gasteiger partial charge in [0.15, 0.2) is 0 Å². The van der Waals surface area contributed by atoms with Crippen molar-refractivity contribution in [2.45, 2.75) is 0 Å². The van der Waals surface area contributed by atoms with Gasteiger partial charge in [-0.25, -0.2) is 4.79 Å². The Hall–Kier alpha value is -1.48. The lowest BCUT2D eigenvalue weighted by atomic mass is 10.2. The molecule has 0 fully saturated rings. The molecule has 1 aromatic rings. The summed E-state index contributed by atoms with van der Waals surface area (Å²) in [4.78, 5) is 12.8. The molecule has 0 saturated carbocycles. The van der Waals surface area contributed by atoms with E-state index >= 15 is 0 Å². The second-order valence-corrected chi connectivity index (χ2v) is 3.75. The number of anilines is 1. The average molecular weight is 224 g/mol. The molecule has 3 nitrogen and oxygen atoms in total. The topological polar surface area (TPSA) is 40.5 Å². The molecule has 1 heterocycles. The minimum atomic E-state index is -0.956. The third kappa shape index (κ3) is 1.97. The number of halogens is 1. The Bertz CT molecular complexity index is 421. The minimum Gasteiger partial charge on any atom is -0.478 e. The lowest BCUT2D eigenvalue weighted by Crippen LogP contribution is -2.19. The van der Waals surface area contributed by atoms with Crippen molar-refractivity contribution in [1.82, 2.24) is 0 Å². The monoisotopic (exact) mass is 223 g/mol. The van der Waals surface area contributed by atoms with Crippen molar-refractivity contribution >= 4 is 23.3 Å². The number of rotatable bonds is 2. The Morgan fingerprint density at radius 2 is 2.00 bits per heavy atom. The first-order valence-corrected chi connectivity index (χ1v) is 4.99. The number of carboxylic acids is 1. The molecular weight excluding hydrogens is 214 g/mol. The van der Waals surface area contributed by atoms with Crippen molar-refractivity contribution < 1.29 is 9.90 Å². The van der Waals surface area contributed by atoms with Gasteiger partial charge in [0, 0.05) is 13.1 Å². The summed E-state index contributed by atoms with van der Waals surface area (Å²) in [5.74, 6) is -0.956. The number of hydrogen-bond acceptors (Lipinski definition) is 2. The van der Waals surface area contributed by atoms with Gasteiger partial charge in [-0.3, -0.25) is 0 Å². The number of nitrogens with zero attached hydrogens (tertiary/aromatic N) is 1. The molecule has 0 spiro atoms. The summed E-state index contributed by atoms with van der Waals surface area (Å²) in [6.07, 6.45) is 4.11. The van der Waals surface area contributed by atoms with Crippen molar-refractivity contribution in [2.24, 2.45) is 0 Å². The van der Waals surface area contributed by atoms with Crippen molar-refractivity contribution in [3.63, 3.8) is 0 Å². The van der Waals surface area contributed by atoms with Gasteiger partial charge in [0.2, 0.25) is 0 Å². The van der Waals surface area contributed by atoms with Crippen molar-refractivity contribution in [3.05, 3.63) is 40.9 Å². The first kappa shape index (κ1) is 10.1. The second-order valence-electron chi connectivity index (χ2n) is 3.35. The molecule has 1 aromatic carbocycles. The molecule has 0 radical (unpaired) electrons. The van der Waals surface area contributed by atoms with Crippen LogP contribution < -0.4 is 4.90 Å². The Balaban J connectivity index is 2.30. The molecule has 0 saturated heterocycles. The van der Waals surface area contributed by atoms with E-state index in [1.54, 1.807) is 12.1 Å². The van der Waals surface area contributed by atoms with E-state index < -0.39 is 5.97 Å². The zero-order chi connectivity index (χ0) is 10.8. The van der Waals surface area contributed by atoms with Gasteiger partial charge in [-0.05, 0) is 18.2 Å². The SMILES string of the molecule is O=C(O)c1ccc(N2CC=CC2)c(Cl)c1. The Morgan fingerprint density at radius 1 is 1.33 bits per heavy atom. The first-order valence-electron chi connectivity index (χ1n) is 4.61. The van der Waals surface area contributed by atoms with Gasteiger partial charge in [-0.1, -0.05) is 23.8 Å². The summed E-state index contributed by atoms with van der Waals surface area (Å²) in [5, 5.41) is 9.27. The van der Waals surface area contributed by atoms with Crippen molar-refractivity contribution in [2.75, 3.05) is 18.0 Å². The molecule has 78 valence electrons. The summed E-state index contributed by atoms with van der Waals surface area (Å²) in [6.45, 7) is 1.65. The van der Waals surface area contributed by atoms with Crippen LogP contribution in [0.1, 0.15) is 10.4 Å². The predicted octanol–water partition coefficient (Wildman–Crippen LogP) is 2.41. The molecular formula is C11H10ClNO2. The molecule has 0 unspecified atom stereocenters. The lowest BCUT2D eigenvalue weighted by Gasteiger charge is -2.19. The summed E-state index contributed by atoms with van der Waals surface area (Å²) in [7, 11) is 0. The van der Waals surface area contributed by atoms with E-state index in [2.05, 4.69) is 17.1 Å². The Labute approximate surface area is 92.6 Å². The van der Waals surface area contributed by atoms with Crippen LogP contribution in [0.4, 0.5) is 5.69 Å². The normalized spacial score (nSPS) is 14.6. The quantitative estimate of drug-likeness (QED) is 0.783. The zero-order valence-corrected chi connectivity index (χ0v) is 8.74. The van der Waals surface area contributed by atoms with Crippen LogP contribution in [0, 0.1) is 0 Å². The van der Waals surface area contributed by atoms with Crippen LogP contribution in [0.2, 0.25) is 5.02 Å². The van der Waals surface area contributed by atoms with Gasteiger partial charge in [-0.15, -0.1) is 0 Å². The third-order valence-electron chi connectivity index (χ3n) is 2.35. The van der Waals surface area contributed by atoms with E-state index in [1.807, 2.05) is 0 Å². The zero-order valence-electron chi connectivity index (χ0n) is 7.98. The maximum atomic E-state index is 10.7. The van der Waals surface area contributed by atoms with Crippen LogP contribution in [0.15, 0.2) is 30.4 Å². The van der Waals surface area contributed by atoms with Gasteiger partial charge >= 0.3 is 5.97 Å². The van der Waals surface area contributed by atoms with Gasteiger partial charge < -0.3 is 10.0 Å². The number of carbonyl (C=O) groups is 1. The molecule has 0 atom stereocenters. The third-order valence-corrected chi connectivity index (χ3v) is 2.66. The number of aromatic carboxylic acids is 1. The Kier molecular flexibility index (Phi) is 2.64. The lowest BCUT2D eigenvalue weighted by molar-refractivity contribution is 0.0697. The summed E-state index contributed by atoms with van der Waals surface area (Å²) < 4.78 is 0. The van der Waals surface area contributed by atoms with Crippen LogP contribution in [-0.4, -0.2) is 24.2 Å². The van der Waals surface area contributed by atoms with Crippen LogP contribution in [-0.2, 0) is 0 Å². The standard InChI is InChI=1S/C11H10ClNO2/c12-9-7-8(11(14)15)3-4-10(9)13-5-1-2-6-13/h1-4,7H,5-6H2,(H,14,15). The molecule has 1 aliphatic rings. The molecule has 0 aromatic heterocycles. The fourth-order valence-corrected chi connectivity index (χ4v) is 1.87. The molecule has 0 amide bonds. The second kappa shape index (κ2) is 3.95. The van der Waals surface area contributed by atoms with E-state index in [1.165, 1.54) is 6.07 Å². The summed E-state index contributed by atoms with van der Waals surface area (Å²) in [6, 6.07) is 4.80. The van der Waals surface area contributed by atoms with Crippen molar-refractivity contribution in [1.29, 1.82) is 0 Å². The maximum absolute atomic E-state index is 10.7. The van der Waals surface area contributed by atoms with E-state index in [0.717, 1.165) is 18.8 Å². The van der Waals surface area contributed by atoms with Gasteiger partial charge in [0.1, 0.15) is 0 Å². The average Bonchev–Trinajstić information content (AvgIpc) is 2.70. The van der Waals surface area contributed by atoms with Crippen molar-refractivity contribution in [3.8, 4) is 0 Å². The number of benzene rings is 1. The maximum Gasteiger partial charge on any atom is 0.335 e. The number of hydrogen-bond donors (Lipinski definition) is 1. The predicted molar refractivity (Wildman–Crippen MR) is 59.8 cm³/mol.